The Kier molecular flexibility index (Phi) is 7.36. The molecule has 3 nitrogen and oxygen atoms in total. The summed E-state index contributed by atoms with van der Waals surface area (Å²) < 4.78 is 25.0. The summed E-state index contributed by atoms with van der Waals surface area (Å²) >= 11 is 12.4. The van der Waals surface area contributed by atoms with Crippen LogP contribution in [0.15, 0.2) is 30.3 Å². The third-order valence-electron chi connectivity index (χ3n) is 3.98. The first-order chi connectivity index (χ1) is 12.0. The molecule has 0 aliphatic rings. The minimum Gasteiger partial charge on any atom is -0.493 e. The summed E-state index contributed by atoms with van der Waals surface area (Å²) in [5, 5.41) is 4.12. The predicted octanol–water partition coefficient (Wildman–Crippen LogP) is 5.61. The Morgan fingerprint density at radius 2 is 1.96 bits per heavy atom. The number of hydrogen-bond acceptors (Lipinski definition) is 3. The molecule has 0 aromatic heterocycles. The highest BCUT2D eigenvalue weighted by Gasteiger charge is 2.15. The maximum Gasteiger partial charge on any atom is 0.180 e. The summed E-state index contributed by atoms with van der Waals surface area (Å²) in [4.78, 5) is 0. The molecular weight excluding hydrogens is 364 g/mol. The van der Waals surface area contributed by atoms with Crippen LogP contribution >= 0.6 is 23.2 Å². The number of halogens is 3. The van der Waals surface area contributed by atoms with E-state index in [0.29, 0.717) is 34.1 Å². The first-order valence-electron chi connectivity index (χ1n) is 8.11. The Bertz CT molecular complexity index is 705. The normalized spacial score (nSPS) is 12.1. The molecule has 2 aromatic carbocycles. The second-order valence-corrected chi connectivity index (χ2v) is 6.60. The van der Waals surface area contributed by atoms with Crippen molar-refractivity contribution in [2.75, 3.05) is 7.11 Å². The molecule has 0 radical (unpaired) electrons. The molecule has 0 heterocycles. The van der Waals surface area contributed by atoms with E-state index in [0.717, 1.165) is 12.0 Å². The van der Waals surface area contributed by atoms with Crippen LogP contribution in [0.1, 0.15) is 31.4 Å². The lowest BCUT2D eigenvalue weighted by molar-refractivity contribution is 0.280. The maximum absolute atomic E-state index is 13.9. The van der Waals surface area contributed by atoms with Crippen molar-refractivity contribution in [3.05, 3.63) is 57.3 Å². The molecule has 0 saturated heterocycles. The summed E-state index contributed by atoms with van der Waals surface area (Å²) in [5.74, 6) is 0.452. The molecule has 0 bridgehead atoms. The fourth-order valence-corrected chi connectivity index (χ4v) is 2.77. The maximum atomic E-state index is 13.9. The molecule has 2 rings (SSSR count). The van der Waals surface area contributed by atoms with Crippen molar-refractivity contribution >= 4 is 23.2 Å². The molecule has 0 unspecified atom stereocenters. The Morgan fingerprint density at radius 1 is 1.20 bits per heavy atom. The minimum atomic E-state index is -0.419. The van der Waals surface area contributed by atoms with Crippen molar-refractivity contribution < 1.29 is 13.9 Å². The number of nitrogens with one attached hydrogen (secondary N) is 1. The van der Waals surface area contributed by atoms with Gasteiger partial charge in [0, 0.05) is 18.2 Å². The quantitative estimate of drug-likeness (QED) is 0.640. The van der Waals surface area contributed by atoms with Gasteiger partial charge in [0.25, 0.3) is 0 Å². The van der Waals surface area contributed by atoms with Crippen molar-refractivity contribution in [3.63, 3.8) is 0 Å². The average molecular weight is 386 g/mol. The van der Waals surface area contributed by atoms with Gasteiger partial charge in [-0.15, -0.1) is 0 Å². The minimum absolute atomic E-state index is 0.0357. The second kappa shape index (κ2) is 9.27. The molecule has 0 amide bonds. The Morgan fingerprint density at radius 3 is 2.60 bits per heavy atom. The molecule has 6 heteroatoms. The number of benzene rings is 2. The van der Waals surface area contributed by atoms with Gasteiger partial charge in [0.2, 0.25) is 0 Å². The van der Waals surface area contributed by atoms with Crippen molar-refractivity contribution in [2.24, 2.45) is 0 Å². The molecule has 0 fully saturated rings. The Labute approximate surface area is 158 Å². The van der Waals surface area contributed by atoms with Gasteiger partial charge in [0.05, 0.1) is 17.2 Å². The van der Waals surface area contributed by atoms with Gasteiger partial charge >= 0.3 is 0 Å². The largest absolute Gasteiger partial charge is 0.493 e. The van der Waals surface area contributed by atoms with E-state index in [1.54, 1.807) is 19.2 Å². The van der Waals surface area contributed by atoms with Gasteiger partial charge < -0.3 is 14.8 Å². The first kappa shape index (κ1) is 19.8. The molecule has 25 heavy (non-hydrogen) atoms. The van der Waals surface area contributed by atoms with Crippen LogP contribution in [-0.4, -0.2) is 13.2 Å². The number of methoxy groups -OCH3 is 1. The van der Waals surface area contributed by atoms with E-state index in [-0.39, 0.29) is 12.2 Å². The molecule has 0 spiro atoms. The van der Waals surface area contributed by atoms with E-state index in [1.165, 1.54) is 6.07 Å². The topological polar surface area (TPSA) is 30.5 Å². The number of ether oxygens (including phenoxy) is 2. The summed E-state index contributed by atoms with van der Waals surface area (Å²) in [6.07, 6.45) is 1.04. The summed E-state index contributed by atoms with van der Waals surface area (Å²) in [5.41, 5.74) is 1.27. The van der Waals surface area contributed by atoms with Gasteiger partial charge in [-0.05, 0) is 43.2 Å². The van der Waals surface area contributed by atoms with Gasteiger partial charge in [-0.2, -0.15) is 0 Å². The molecule has 2 aromatic rings. The monoisotopic (exact) mass is 385 g/mol. The van der Waals surface area contributed by atoms with Gasteiger partial charge in [0.15, 0.2) is 11.5 Å². The predicted molar refractivity (Wildman–Crippen MR) is 100 cm³/mol. The zero-order chi connectivity index (χ0) is 18.4. The Hall–Kier alpha value is -1.49. The van der Waals surface area contributed by atoms with Crippen LogP contribution in [0.4, 0.5) is 4.39 Å². The van der Waals surface area contributed by atoms with Crippen molar-refractivity contribution in [2.45, 2.75) is 39.5 Å². The van der Waals surface area contributed by atoms with Crippen molar-refractivity contribution in [1.29, 1.82) is 0 Å². The highest BCUT2D eigenvalue weighted by atomic mass is 35.5. The first-order valence-corrected chi connectivity index (χ1v) is 8.87. The van der Waals surface area contributed by atoms with Gasteiger partial charge in [-0.1, -0.05) is 36.2 Å². The van der Waals surface area contributed by atoms with E-state index in [4.69, 9.17) is 32.7 Å². The molecule has 0 aliphatic carbocycles. The van der Waals surface area contributed by atoms with Crippen LogP contribution in [0.5, 0.6) is 11.5 Å². The zero-order valence-electron chi connectivity index (χ0n) is 14.5. The van der Waals surface area contributed by atoms with E-state index < -0.39 is 5.82 Å². The number of hydrogen-bond donors (Lipinski definition) is 1. The van der Waals surface area contributed by atoms with Gasteiger partial charge in [0.1, 0.15) is 12.4 Å². The van der Waals surface area contributed by atoms with Gasteiger partial charge in [-0.3, -0.25) is 0 Å². The highest BCUT2D eigenvalue weighted by Crippen LogP contribution is 2.37. The molecule has 0 saturated carbocycles. The van der Waals surface area contributed by atoms with E-state index in [2.05, 4.69) is 19.2 Å². The van der Waals surface area contributed by atoms with Crippen molar-refractivity contribution in [3.8, 4) is 11.5 Å². The van der Waals surface area contributed by atoms with Crippen LogP contribution in [0, 0.1) is 5.82 Å². The summed E-state index contributed by atoms with van der Waals surface area (Å²) in [6.45, 7) is 4.88. The SMILES string of the molecule is CC[C@H](C)NCc1cc(Cl)c(OCc2c(F)cccc2Cl)c(OC)c1. The average Bonchev–Trinajstić information content (AvgIpc) is 2.60. The second-order valence-electron chi connectivity index (χ2n) is 5.79. The van der Waals surface area contributed by atoms with E-state index in [9.17, 15) is 4.39 Å². The lowest BCUT2D eigenvalue weighted by Crippen LogP contribution is -2.24. The fraction of sp³-hybridized carbons (Fsp3) is 0.368. The third-order valence-corrected chi connectivity index (χ3v) is 4.61. The van der Waals surface area contributed by atoms with Crippen LogP contribution in [0.2, 0.25) is 10.0 Å². The molecule has 136 valence electrons. The van der Waals surface area contributed by atoms with Crippen LogP contribution < -0.4 is 14.8 Å². The van der Waals surface area contributed by atoms with Crippen LogP contribution in [0.3, 0.4) is 0 Å². The summed E-state index contributed by atoms with van der Waals surface area (Å²) in [7, 11) is 1.54. The molecule has 1 N–H and O–H groups in total. The van der Waals surface area contributed by atoms with Crippen LogP contribution in [0.25, 0.3) is 0 Å². The third kappa shape index (κ3) is 5.24. The highest BCUT2D eigenvalue weighted by molar-refractivity contribution is 6.32. The van der Waals surface area contributed by atoms with E-state index >= 15 is 0 Å². The number of rotatable bonds is 8. The lowest BCUT2D eigenvalue weighted by atomic mass is 10.1. The molecule has 1 atom stereocenters. The summed E-state index contributed by atoms with van der Waals surface area (Å²) in [6, 6.07) is 8.59. The Balaban J connectivity index is 2.17. The zero-order valence-corrected chi connectivity index (χ0v) is 16.0. The van der Waals surface area contributed by atoms with Crippen molar-refractivity contribution in [1.82, 2.24) is 5.32 Å². The van der Waals surface area contributed by atoms with E-state index in [1.807, 2.05) is 12.1 Å². The molecule has 0 aliphatic heterocycles. The lowest BCUT2D eigenvalue weighted by Gasteiger charge is -2.16. The fourth-order valence-electron chi connectivity index (χ4n) is 2.27. The van der Waals surface area contributed by atoms with Gasteiger partial charge in [-0.25, -0.2) is 4.39 Å². The van der Waals surface area contributed by atoms with Crippen LogP contribution in [-0.2, 0) is 13.2 Å². The smallest absolute Gasteiger partial charge is 0.180 e. The standard InChI is InChI=1S/C19H22Cl2FNO2/c1-4-12(2)23-10-13-8-16(21)19(18(9-13)24-3)25-11-14-15(20)6-5-7-17(14)22/h5-9,12,23H,4,10-11H2,1-3H3/t12-/m0/s1. The molecular formula is C19H22Cl2FNO2.